The summed E-state index contributed by atoms with van der Waals surface area (Å²) in [6, 6.07) is 0. The first-order valence-electron chi connectivity index (χ1n) is 7.74. The van der Waals surface area contributed by atoms with E-state index in [4.69, 9.17) is 0 Å². The molecule has 0 atom stereocenters. The van der Waals surface area contributed by atoms with E-state index < -0.39 is 0 Å². The van der Waals surface area contributed by atoms with Gasteiger partial charge < -0.3 is 4.40 Å². The second-order valence-corrected chi connectivity index (χ2v) is 6.34. The van der Waals surface area contributed by atoms with Crippen LogP contribution in [-0.4, -0.2) is 19.2 Å². The summed E-state index contributed by atoms with van der Waals surface area (Å²) in [5, 5.41) is 4.45. The molecule has 0 N–H and O–H groups in total. The van der Waals surface area contributed by atoms with Gasteiger partial charge in [-0.05, 0) is 69.4 Å². The summed E-state index contributed by atoms with van der Waals surface area (Å²) in [5.41, 5.74) is 10.8. The quantitative estimate of drug-likeness (QED) is 0.725. The van der Waals surface area contributed by atoms with E-state index >= 15 is 0 Å². The molecule has 0 fully saturated rings. The number of hydrogen-bond donors (Lipinski definition) is 0. The van der Waals surface area contributed by atoms with Crippen molar-refractivity contribution in [1.29, 1.82) is 0 Å². The lowest BCUT2D eigenvalue weighted by molar-refractivity contribution is 0.749. The zero-order chi connectivity index (χ0) is 16.2. The molecule has 22 heavy (non-hydrogen) atoms. The Bertz CT molecular complexity index is 881. The van der Waals surface area contributed by atoms with Gasteiger partial charge in [0.25, 0.3) is 0 Å². The maximum Gasteiger partial charge on any atom is 0.155 e. The number of fused-ring (bicyclic) bond motifs is 1. The van der Waals surface area contributed by atoms with E-state index in [-0.39, 0.29) is 0 Å². The van der Waals surface area contributed by atoms with Crippen LogP contribution in [0.25, 0.3) is 5.52 Å². The molecule has 116 valence electrons. The first kappa shape index (κ1) is 14.8. The minimum absolute atomic E-state index is 0.785. The Hall–Kier alpha value is -2.10. The van der Waals surface area contributed by atoms with Crippen LogP contribution < -0.4 is 0 Å². The molecule has 3 heterocycles. The summed E-state index contributed by atoms with van der Waals surface area (Å²) in [4.78, 5) is 4.40. The van der Waals surface area contributed by atoms with Gasteiger partial charge in [0, 0.05) is 24.9 Å². The summed E-state index contributed by atoms with van der Waals surface area (Å²) in [6.07, 6.45) is 2.55. The number of nitrogens with zero attached hydrogens (tertiary/aromatic N) is 4. The van der Waals surface area contributed by atoms with E-state index in [2.05, 4.69) is 56.0 Å². The van der Waals surface area contributed by atoms with Crippen molar-refractivity contribution in [1.82, 2.24) is 19.2 Å². The van der Waals surface area contributed by atoms with Crippen LogP contribution >= 0.6 is 0 Å². The van der Waals surface area contributed by atoms with Crippen LogP contribution in [0.15, 0.2) is 6.33 Å². The van der Waals surface area contributed by atoms with Crippen LogP contribution in [0.5, 0.6) is 0 Å². The fourth-order valence-corrected chi connectivity index (χ4v) is 3.42. The Morgan fingerprint density at radius 2 is 1.50 bits per heavy atom. The van der Waals surface area contributed by atoms with Gasteiger partial charge in [0.1, 0.15) is 6.33 Å². The van der Waals surface area contributed by atoms with Crippen LogP contribution in [0.3, 0.4) is 0 Å². The van der Waals surface area contributed by atoms with Crippen molar-refractivity contribution < 1.29 is 0 Å². The maximum absolute atomic E-state index is 4.45. The first-order valence-corrected chi connectivity index (χ1v) is 7.74. The zero-order valence-corrected chi connectivity index (χ0v) is 14.6. The van der Waals surface area contributed by atoms with Crippen LogP contribution in [-0.2, 0) is 13.5 Å². The Kier molecular flexibility index (Phi) is 3.35. The van der Waals surface area contributed by atoms with E-state index in [0.29, 0.717) is 0 Å². The molecule has 0 amide bonds. The molecular formula is C18H24N4. The van der Waals surface area contributed by atoms with Crippen molar-refractivity contribution in [2.45, 2.75) is 48.0 Å². The number of hydrogen-bond acceptors (Lipinski definition) is 2. The topological polar surface area (TPSA) is 35.1 Å². The highest BCUT2D eigenvalue weighted by atomic mass is 15.3. The second kappa shape index (κ2) is 4.97. The van der Waals surface area contributed by atoms with Gasteiger partial charge in [-0.3, -0.25) is 4.68 Å². The van der Waals surface area contributed by atoms with E-state index in [9.17, 15) is 0 Å². The van der Waals surface area contributed by atoms with E-state index in [1.54, 1.807) is 11.0 Å². The Morgan fingerprint density at radius 1 is 0.864 bits per heavy atom. The fourth-order valence-electron chi connectivity index (χ4n) is 3.42. The van der Waals surface area contributed by atoms with Gasteiger partial charge in [0.15, 0.2) is 5.82 Å². The van der Waals surface area contributed by atoms with Gasteiger partial charge in [0.2, 0.25) is 0 Å². The van der Waals surface area contributed by atoms with Crippen molar-refractivity contribution in [3.05, 3.63) is 51.4 Å². The van der Waals surface area contributed by atoms with Crippen LogP contribution in [0.1, 0.15) is 45.0 Å². The molecule has 0 aliphatic heterocycles. The maximum atomic E-state index is 4.45. The first-order chi connectivity index (χ1) is 10.3. The van der Waals surface area contributed by atoms with Gasteiger partial charge in [-0.2, -0.15) is 5.10 Å². The summed E-state index contributed by atoms with van der Waals surface area (Å²) in [7, 11) is 1.91. The minimum Gasteiger partial charge on any atom is -0.317 e. The summed E-state index contributed by atoms with van der Waals surface area (Å²) in [5.74, 6) is 0.883. The summed E-state index contributed by atoms with van der Waals surface area (Å²) >= 11 is 0. The van der Waals surface area contributed by atoms with Gasteiger partial charge in [-0.15, -0.1) is 0 Å². The number of rotatable bonds is 2. The second-order valence-electron chi connectivity index (χ2n) is 6.34. The van der Waals surface area contributed by atoms with Crippen molar-refractivity contribution in [3.63, 3.8) is 0 Å². The SMILES string of the molecule is Cc1c(C)c(C)n2c(C)c(C)c(Cc3ncn(C)n3)c2c1C. The molecule has 3 aromatic rings. The third-order valence-electron chi connectivity index (χ3n) is 5.18. The molecule has 0 saturated carbocycles. The monoisotopic (exact) mass is 296 g/mol. The summed E-state index contributed by atoms with van der Waals surface area (Å²) < 4.78 is 4.18. The predicted molar refractivity (Wildman–Crippen MR) is 89.6 cm³/mol. The summed E-state index contributed by atoms with van der Waals surface area (Å²) in [6.45, 7) is 13.3. The highest BCUT2D eigenvalue weighted by Crippen LogP contribution is 2.32. The van der Waals surface area contributed by atoms with Crippen molar-refractivity contribution in [2.24, 2.45) is 7.05 Å². The van der Waals surface area contributed by atoms with Crippen LogP contribution in [0.4, 0.5) is 0 Å². The zero-order valence-electron chi connectivity index (χ0n) is 14.6. The fraction of sp³-hybridized carbons (Fsp3) is 0.444. The largest absolute Gasteiger partial charge is 0.317 e. The van der Waals surface area contributed by atoms with Gasteiger partial charge in [-0.25, -0.2) is 4.98 Å². The molecule has 0 aliphatic carbocycles. The van der Waals surface area contributed by atoms with Crippen molar-refractivity contribution in [3.8, 4) is 0 Å². The third kappa shape index (κ3) is 1.97. The lowest BCUT2D eigenvalue weighted by Gasteiger charge is -2.15. The molecule has 0 unspecified atom stereocenters. The molecule has 0 spiro atoms. The molecule has 0 saturated heterocycles. The Morgan fingerprint density at radius 3 is 2.09 bits per heavy atom. The normalized spacial score (nSPS) is 11.6. The number of aromatic nitrogens is 4. The van der Waals surface area contributed by atoms with Crippen LogP contribution in [0.2, 0.25) is 0 Å². The molecule has 3 aromatic heterocycles. The van der Waals surface area contributed by atoms with Crippen molar-refractivity contribution in [2.75, 3.05) is 0 Å². The highest BCUT2D eigenvalue weighted by Gasteiger charge is 2.19. The molecule has 0 bridgehead atoms. The lowest BCUT2D eigenvalue weighted by Crippen LogP contribution is -2.03. The standard InChI is InChI=1S/C18H24N4/c1-10-11(2)14(5)22-15(6)13(4)16(18(22)12(10)3)8-17-19-9-21(7)20-17/h9H,8H2,1-7H3. The highest BCUT2D eigenvalue weighted by molar-refractivity contribution is 5.70. The van der Waals surface area contributed by atoms with Crippen LogP contribution in [0, 0.1) is 41.5 Å². The Balaban J connectivity index is 2.33. The molecule has 0 aromatic carbocycles. The molecule has 4 nitrogen and oxygen atoms in total. The van der Waals surface area contributed by atoms with E-state index in [1.165, 1.54) is 44.7 Å². The lowest BCUT2D eigenvalue weighted by atomic mass is 9.99. The average molecular weight is 296 g/mol. The van der Waals surface area contributed by atoms with Gasteiger partial charge in [-0.1, -0.05) is 0 Å². The molecule has 0 radical (unpaired) electrons. The van der Waals surface area contributed by atoms with E-state index in [1.807, 2.05) is 7.05 Å². The third-order valence-corrected chi connectivity index (χ3v) is 5.18. The van der Waals surface area contributed by atoms with Gasteiger partial charge in [0.05, 0.1) is 5.52 Å². The number of pyridine rings is 1. The molecule has 3 rings (SSSR count). The molecule has 0 aliphatic rings. The number of aryl methyl sites for hydroxylation is 4. The average Bonchev–Trinajstić information content (AvgIpc) is 2.99. The predicted octanol–water partition coefficient (Wildman–Crippen LogP) is 3.51. The Labute approximate surface area is 131 Å². The van der Waals surface area contributed by atoms with Gasteiger partial charge >= 0.3 is 0 Å². The van der Waals surface area contributed by atoms with Crippen molar-refractivity contribution >= 4 is 5.52 Å². The minimum atomic E-state index is 0.785. The van der Waals surface area contributed by atoms with E-state index in [0.717, 1.165) is 12.2 Å². The molecular weight excluding hydrogens is 272 g/mol. The molecule has 4 heteroatoms. The smallest absolute Gasteiger partial charge is 0.155 e.